The van der Waals surface area contributed by atoms with Crippen molar-refractivity contribution in [1.82, 2.24) is 14.8 Å². The summed E-state index contributed by atoms with van der Waals surface area (Å²) in [5.74, 6) is 0.157. The van der Waals surface area contributed by atoms with E-state index in [0.29, 0.717) is 18.1 Å². The van der Waals surface area contributed by atoms with Gasteiger partial charge in [0.2, 0.25) is 0 Å². The fourth-order valence-corrected chi connectivity index (χ4v) is 4.86. The summed E-state index contributed by atoms with van der Waals surface area (Å²) in [4.78, 5) is 15.3. The van der Waals surface area contributed by atoms with Crippen LogP contribution in [0.3, 0.4) is 0 Å². The molecule has 2 aliphatic heterocycles. The lowest BCUT2D eigenvalue weighted by molar-refractivity contribution is 0.0681. The third-order valence-electron chi connectivity index (χ3n) is 6.33. The second-order valence-electron chi connectivity index (χ2n) is 8.09. The molecule has 138 valence electrons. The molecule has 2 bridgehead atoms. The number of aromatic nitrogens is 1. The Kier molecular flexibility index (Phi) is 4.39. The quantitative estimate of drug-likeness (QED) is 0.914. The van der Waals surface area contributed by atoms with Gasteiger partial charge in [-0.15, -0.1) is 0 Å². The number of carbonyl (C=O) groups excluding carboxylic acids is 1. The van der Waals surface area contributed by atoms with Crippen LogP contribution in [0.4, 0.5) is 0 Å². The van der Waals surface area contributed by atoms with E-state index in [1.165, 1.54) is 18.4 Å². The summed E-state index contributed by atoms with van der Waals surface area (Å²) < 4.78 is 2.21. The number of hydrogen-bond donors (Lipinski definition) is 1. The van der Waals surface area contributed by atoms with E-state index in [1.54, 1.807) is 0 Å². The van der Waals surface area contributed by atoms with E-state index in [2.05, 4.69) is 61.0 Å². The van der Waals surface area contributed by atoms with E-state index in [4.69, 9.17) is 0 Å². The molecule has 2 saturated heterocycles. The Hall–Kier alpha value is -2.07. The fourth-order valence-electron chi connectivity index (χ4n) is 4.86. The average molecular weight is 351 g/mol. The van der Waals surface area contributed by atoms with Crippen molar-refractivity contribution < 1.29 is 4.79 Å². The summed E-state index contributed by atoms with van der Waals surface area (Å²) in [6, 6.07) is 11.9. The Morgan fingerprint density at radius 3 is 2.42 bits per heavy atom. The number of hydrogen-bond acceptors (Lipinski definition) is 2. The summed E-state index contributed by atoms with van der Waals surface area (Å²) in [6.07, 6.45) is 4.67. The fraction of sp³-hybridized carbons (Fsp3) is 0.500. The topological polar surface area (TPSA) is 37.3 Å². The molecule has 2 unspecified atom stereocenters. The summed E-state index contributed by atoms with van der Waals surface area (Å²) in [5.41, 5.74) is 5.35. The van der Waals surface area contributed by atoms with Crippen LogP contribution < -0.4 is 5.32 Å². The van der Waals surface area contributed by atoms with Gasteiger partial charge in [0.1, 0.15) is 0 Å². The Morgan fingerprint density at radius 2 is 1.77 bits per heavy atom. The first-order chi connectivity index (χ1) is 12.5. The van der Waals surface area contributed by atoms with Crippen LogP contribution in [-0.4, -0.2) is 40.5 Å². The van der Waals surface area contributed by atoms with Crippen molar-refractivity contribution in [2.24, 2.45) is 0 Å². The lowest BCUT2D eigenvalue weighted by Crippen LogP contribution is -2.48. The van der Waals surface area contributed by atoms with Crippen LogP contribution >= 0.6 is 0 Å². The number of benzene rings is 1. The third kappa shape index (κ3) is 2.86. The van der Waals surface area contributed by atoms with Crippen LogP contribution in [-0.2, 0) is 0 Å². The largest absolute Gasteiger partial charge is 0.339 e. The molecule has 0 saturated carbocycles. The first-order valence-electron chi connectivity index (χ1n) is 9.74. The van der Waals surface area contributed by atoms with Gasteiger partial charge in [0, 0.05) is 42.2 Å². The maximum atomic E-state index is 13.3. The molecule has 4 rings (SSSR count). The molecule has 0 radical (unpaired) electrons. The molecule has 1 aromatic heterocycles. The van der Waals surface area contributed by atoms with E-state index in [9.17, 15) is 4.79 Å². The molecular formula is C22H29N3O. The van der Waals surface area contributed by atoms with Crippen molar-refractivity contribution in [2.75, 3.05) is 7.05 Å². The zero-order valence-electron chi connectivity index (χ0n) is 16.2. The lowest BCUT2D eigenvalue weighted by atomic mass is 9.98. The Labute approximate surface area is 156 Å². The highest BCUT2D eigenvalue weighted by Crippen LogP contribution is 2.31. The minimum atomic E-state index is 0.157. The zero-order valence-corrected chi connectivity index (χ0v) is 16.2. The third-order valence-corrected chi connectivity index (χ3v) is 6.33. The van der Waals surface area contributed by atoms with Crippen molar-refractivity contribution in [1.29, 1.82) is 0 Å². The average Bonchev–Trinajstić information content (AvgIpc) is 3.12. The van der Waals surface area contributed by atoms with Crippen LogP contribution in [0.1, 0.15) is 53.0 Å². The summed E-state index contributed by atoms with van der Waals surface area (Å²) in [6.45, 7) is 6.26. The van der Waals surface area contributed by atoms with Gasteiger partial charge in [0.15, 0.2) is 0 Å². The van der Waals surface area contributed by atoms with E-state index in [-0.39, 0.29) is 5.91 Å². The number of piperidine rings is 1. The van der Waals surface area contributed by atoms with Gasteiger partial charge in [-0.2, -0.15) is 0 Å². The summed E-state index contributed by atoms with van der Waals surface area (Å²) >= 11 is 0. The molecule has 3 heterocycles. The monoisotopic (exact) mass is 351 g/mol. The molecule has 0 spiro atoms. The predicted molar refractivity (Wildman–Crippen MR) is 105 cm³/mol. The first-order valence-corrected chi connectivity index (χ1v) is 9.74. The molecule has 2 aromatic rings. The van der Waals surface area contributed by atoms with Crippen molar-refractivity contribution in [3.05, 3.63) is 52.8 Å². The summed E-state index contributed by atoms with van der Waals surface area (Å²) in [5, 5.41) is 3.66. The number of fused-ring (bicyclic) bond motifs is 2. The van der Waals surface area contributed by atoms with Gasteiger partial charge in [0.05, 0.1) is 5.56 Å². The van der Waals surface area contributed by atoms with E-state index < -0.39 is 0 Å². The van der Waals surface area contributed by atoms with Crippen LogP contribution in [0, 0.1) is 20.8 Å². The van der Waals surface area contributed by atoms with Gasteiger partial charge in [-0.25, -0.2) is 0 Å². The van der Waals surface area contributed by atoms with Gasteiger partial charge < -0.3 is 14.8 Å². The first kappa shape index (κ1) is 17.3. The van der Waals surface area contributed by atoms with Crippen LogP contribution in [0.5, 0.6) is 0 Å². The SMILES string of the molecule is Cc1ccccc1-n1c(C)cc(C(=O)N(C)C2CC3CCC(C2)N3)c1C. The number of amides is 1. The molecular weight excluding hydrogens is 322 g/mol. The summed E-state index contributed by atoms with van der Waals surface area (Å²) in [7, 11) is 1.98. The highest BCUT2D eigenvalue weighted by atomic mass is 16.2. The minimum Gasteiger partial charge on any atom is -0.339 e. The second kappa shape index (κ2) is 6.58. The zero-order chi connectivity index (χ0) is 18.4. The predicted octanol–water partition coefficient (Wildman–Crippen LogP) is 3.76. The normalized spacial score (nSPS) is 24.7. The Bertz CT molecular complexity index is 826. The molecule has 2 atom stereocenters. The molecule has 1 N–H and O–H groups in total. The molecule has 0 aliphatic carbocycles. The standard InChI is InChI=1S/C22H29N3O/c1-14-7-5-6-8-21(14)25-15(2)11-20(16(25)3)22(26)24(4)19-12-17-9-10-18(13-19)23-17/h5-8,11,17-19,23H,9-10,12-13H2,1-4H3. The second-order valence-corrected chi connectivity index (χ2v) is 8.09. The molecule has 1 aromatic carbocycles. The molecule has 26 heavy (non-hydrogen) atoms. The molecule has 4 nitrogen and oxygen atoms in total. The van der Waals surface area contributed by atoms with Gasteiger partial charge in [0.25, 0.3) is 5.91 Å². The van der Waals surface area contributed by atoms with Crippen molar-refractivity contribution in [2.45, 2.75) is 64.6 Å². The van der Waals surface area contributed by atoms with Gasteiger partial charge >= 0.3 is 0 Å². The number of para-hydroxylation sites is 1. The van der Waals surface area contributed by atoms with Crippen molar-refractivity contribution in [3.8, 4) is 5.69 Å². The highest BCUT2D eigenvalue weighted by molar-refractivity contribution is 5.96. The highest BCUT2D eigenvalue weighted by Gasteiger charge is 2.37. The van der Waals surface area contributed by atoms with Crippen LogP contribution in [0.2, 0.25) is 0 Å². The maximum absolute atomic E-state index is 13.3. The van der Waals surface area contributed by atoms with Gasteiger partial charge in [-0.1, -0.05) is 18.2 Å². The number of nitrogens with one attached hydrogen (secondary N) is 1. The van der Waals surface area contributed by atoms with E-state index >= 15 is 0 Å². The van der Waals surface area contributed by atoms with Crippen LogP contribution in [0.15, 0.2) is 30.3 Å². The van der Waals surface area contributed by atoms with Gasteiger partial charge in [-0.3, -0.25) is 4.79 Å². The molecule has 4 heteroatoms. The number of aryl methyl sites for hydroxylation is 2. The van der Waals surface area contributed by atoms with Crippen molar-refractivity contribution >= 4 is 5.91 Å². The Morgan fingerprint density at radius 1 is 1.12 bits per heavy atom. The number of carbonyl (C=O) groups is 1. The minimum absolute atomic E-state index is 0.157. The smallest absolute Gasteiger partial charge is 0.255 e. The van der Waals surface area contributed by atoms with Gasteiger partial charge in [-0.05, 0) is 64.2 Å². The number of rotatable bonds is 3. The van der Waals surface area contributed by atoms with E-state index in [1.807, 2.05) is 11.9 Å². The molecule has 2 aliphatic rings. The Balaban J connectivity index is 1.63. The molecule has 2 fully saturated rings. The number of nitrogens with zero attached hydrogens (tertiary/aromatic N) is 2. The van der Waals surface area contributed by atoms with E-state index in [0.717, 1.165) is 35.5 Å². The maximum Gasteiger partial charge on any atom is 0.255 e. The molecule has 1 amide bonds. The van der Waals surface area contributed by atoms with Crippen molar-refractivity contribution in [3.63, 3.8) is 0 Å². The lowest BCUT2D eigenvalue weighted by Gasteiger charge is -2.35. The van der Waals surface area contributed by atoms with Crippen LogP contribution in [0.25, 0.3) is 5.69 Å².